The first kappa shape index (κ1) is 12.1. The van der Waals surface area contributed by atoms with Crippen molar-refractivity contribution in [2.45, 2.75) is 53.0 Å². The minimum absolute atomic E-state index is 0.391. The van der Waals surface area contributed by atoms with Crippen molar-refractivity contribution in [1.29, 1.82) is 0 Å². The highest BCUT2D eigenvalue weighted by Crippen LogP contribution is 2.40. The maximum Gasteiger partial charge on any atom is 0.0900 e. The van der Waals surface area contributed by atoms with Crippen LogP contribution in [0.1, 0.15) is 54.7 Å². The Morgan fingerprint density at radius 1 is 1.44 bits per heavy atom. The highest BCUT2D eigenvalue weighted by molar-refractivity contribution is 7.11. The van der Waals surface area contributed by atoms with Gasteiger partial charge in [0, 0.05) is 17.5 Å². The van der Waals surface area contributed by atoms with Gasteiger partial charge < -0.3 is 5.32 Å². The molecule has 1 saturated carbocycles. The number of nitrogens with one attached hydrogen (secondary N) is 1. The van der Waals surface area contributed by atoms with E-state index in [1.54, 1.807) is 11.3 Å². The molecule has 0 aliphatic heterocycles. The van der Waals surface area contributed by atoms with E-state index in [9.17, 15) is 0 Å². The second kappa shape index (κ2) is 4.46. The lowest BCUT2D eigenvalue weighted by atomic mass is 9.70. The molecule has 1 unspecified atom stereocenters. The van der Waals surface area contributed by atoms with Crippen molar-refractivity contribution in [3.63, 3.8) is 0 Å². The number of rotatable bonds is 4. The van der Waals surface area contributed by atoms with Crippen LogP contribution in [0.15, 0.2) is 0 Å². The summed E-state index contributed by atoms with van der Waals surface area (Å²) in [4.78, 5) is 5.97. The first-order chi connectivity index (χ1) is 7.50. The minimum atomic E-state index is 0.391. The van der Waals surface area contributed by atoms with Gasteiger partial charge in [-0.25, -0.2) is 4.98 Å². The molecule has 0 radical (unpaired) electrons. The van der Waals surface area contributed by atoms with Gasteiger partial charge in [0.05, 0.1) is 10.7 Å². The van der Waals surface area contributed by atoms with E-state index in [2.05, 4.69) is 38.0 Å². The maximum atomic E-state index is 4.61. The summed E-state index contributed by atoms with van der Waals surface area (Å²) < 4.78 is 0. The summed E-state index contributed by atoms with van der Waals surface area (Å²) in [6, 6.07) is 0.391. The lowest BCUT2D eigenvalue weighted by molar-refractivity contribution is 0.151. The fourth-order valence-electron chi connectivity index (χ4n) is 2.40. The van der Waals surface area contributed by atoms with Crippen molar-refractivity contribution in [3.05, 3.63) is 15.6 Å². The molecule has 1 aliphatic carbocycles. The molecule has 3 heteroatoms. The molecule has 1 aliphatic rings. The van der Waals surface area contributed by atoms with Gasteiger partial charge in [0.15, 0.2) is 0 Å². The minimum Gasteiger partial charge on any atom is -0.308 e. The summed E-state index contributed by atoms with van der Waals surface area (Å²) in [7, 11) is 0. The molecule has 90 valence electrons. The smallest absolute Gasteiger partial charge is 0.0900 e. The SMILES string of the molecule is Cc1nc(C(C)NCC2(C)CCC2)c(C)s1. The van der Waals surface area contributed by atoms with Gasteiger partial charge in [0.2, 0.25) is 0 Å². The monoisotopic (exact) mass is 238 g/mol. The molecule has 0 amide bonds. The molecule has 16 heavy (non-hydrogen) atoms. The van der Waals surface area contributed by atoms with Crippen LogP contribution in [-0.4, -0.2) is 11.5 Å². The average Bonchev–Trinajstić information content (AvgIpc) is 2.51. The van der Waals surface area contributed by atoms with Crippen LogP contribution in [0.25, 0.3) is 0 Å². The predicted octanol–water partition coefficient (Wildman–Crippen LogP) is 3.60. The van der Waals surface area contributed by atoms with Crippen molar-refractivity contribution in [2.75, 3.05) is 6.54 Å². The summed E-state index contributed by atoms with van der Waals surface area (Å²) in [6.45, 7) is 9.99. The number of nitrogens with zero attached hydrogens (tertiary/aromatic N) is 1. The van der Waals surface area contributed by atoms with E-state index in [1.165, 1.54) is 34.8 Å². The van der Waals surface area contributed by atoms with E-state index in [-0.39, 0.29) is 0 Å². The molecule has 1 atom stereocenters. The number of aromatic nitrogens is 1. The summed E-state index contributed by atoms with van der Waals surface area (Å²) in [5, 5.41) is 4.82. The van der Waals surface area contributed by atoms with Crippen molar-refractivity contribution in [3.8, 4) is 0 Å². The number of thiazole rings is 1. The Bertz CT molecular complexity index is 366. The quantitative estimate of drug-likeness (QED) is 0.867. The Balaban J connectivity index is 1.92. The molecule has 1 N–H and O–H groups in total. The lowest BCUT2D eigenvalue weighted by Crippen LogP contribution is -2.38. The number of hydrogen-bond acceptors (Lipinski definition) is 3. The third-order valence-electron chi connectivity index (χ3n) is 3.75. The van der Waals surface area contributed by atoms with Crippen molar-refractivity contribution >= 4 is 11.3 Å². The number of hydrogen-bond donors (Lipinski definition) is 1. The fraction of sp³-hybridized carbons (Fsp3) is 0.769. The highest BCUT2D eigenvalue weighted by atomic mass is 32.1. The Morgan fingerprint density at radius 2 is 2.12 bits per heavy atom. The van der Waals surface area contributed by atoms with Crippen LogP contribution < -0.4 is 5.32 Å². The van der Waals surface area contributed by atoms with Gasteiger partial charge in [-0.05, 0) is 39.0 Å². The van der Waals surface area contributed by atoms with Gasteiger partial charge in [0.1, 0.15) is 0 Å². The molecular weight excluding hydrogens is 216 g/mol. The maximum absolute atomic E-state index is 4.61. The Kier molecular flexibility index (Phi) is 3.36. The molecule has 2 nitrogen and oxygen atoms in total. The van der Waals surface area contributed by atoms with E-state index in [1.807, 2.05) is 0 Å². The summed E-state index contributed by atoms with van der Waals surface area (Å²) in [5.74, 6) is 0. The van der Waals surface area contributed by atoms with Crippen LogP contribution in [0.5, 0.6) is 0 Å². The molecule has 0 spiro atoms. The third-order valence-corrected chi connectivity index (χ3v) is 4.65. The molecular formula is C13H22N2S. The van der Waals surface area contributed by atoms with E-state index >= 15 is 0 Å². The van der Waals surface area contributed by atoms with E-state index in [0.717, 1.165) is 6.54 Å². The van der Waals surface area contributed by atoms with Gasteiger partial charge in [-0.3, -0.25) is 0 Å². The van der Waals surface area contributed by atoms with Gasteiger partial charge >= 0.3 is 0 Å². The van der Waals surface area contributed by atoms with Crippen LogP contribution >= 0.6 is 11.3 Å². The summed E-state index contributed by atoms with van der Waals surface area (Å²) in [6.07, 6.45) is 4.16. The normalized spacial score (nSPS) is 20.5. The molecule has 1 aromatic heterocycles. The standard InChI is InChI=1S/C13H22N2S/c1-9(12-10(2)16-11(3)15-12)14-8-13(4)6-5-7-13/h9,14H,5-8H2,1-4H3. The third kappa shape index (κ3) is 2.46. The molecule has 0 bridgehead atoms. The zero-order valence-electron chi connectivity index (χ0n) is 10.8. The fourth-order valence-corrected chi connectivity index (χ4v) is 3.31. The van der Waals surface area contributed by atoms with Crippen LogP contribution in [0.2, 0.25) is 0 Å². The van der Waals surface area contributed by atoms with E-state index < -0.39 is 0 Å². The first-order valence-corrected chi connectivity index (χ1v) is 6.99. The van der Waals surface area contributed by atoms with E-state index in [4.69, 9.17) is 0 Å². The van der Waals surface area contributed by atoms with Crippen LogP contribution in [0.4, 0.5) is 0 Å². The van der Waals surface area contributed by atoms with Crippen molar-refractivity contribution < 1.29 is 0 Å². The summed E-state index contributed by atoms with van der Waals surface area (Å²) in [5.41, 5.74) is 1.79. The second-order valence-corrected chi connectivity index (χ2v) is 6.85. The zero-order chi connectivity index (χ0) is 11.8. The second-order valence-electron chi connectivity index (χ2n) is 5.44. The Morgan fingerprint density at radius 3 is 2.56 bits per heavy atom. The van der Waals surface area contributed by atoms with Gasteiger partial charge in [-0.2, -0.15) is 0 Å². The molecule has 2 rings (SSSR count). The molecule has 0 saturated heterocycles. The summed E-state index contributed by atoms with van der Waals surface area (Å²) >= 11 is 1.80. The van der Waals surface area contributed by atoms with Crippen LogP contribution in [-0.2, 0) is 0 Å². The zero-order valence-corrected chi connectivity index (χ0v) is 11.6. The van der Waals surface area contributed by atoms with Crippen molar-refractivity contribution in [1.82, 2.24) is 10.3 Å². The average molecular weight is 238 g/mol. The number of aryl methyl sites for hydroxylation is 2. The largest absolute Gasteiger partial charge is 0.308 e. The van der Waals surface area contributed by atoms with Crippen LogP contribution in [0.3, 0.4) is 0 Å². The molecule has 1 aromatic rings. The van der Waals surface area contributed by atoms with Gasteiger partial charge in [-0.15, -0.1) is 11.3 Å². The Hall–Kier alpha value is -0.410. The first-order valence-electron chi connectivity index (χ1n) is 6.17. The highest BCUT2D eigenvalue weighted by Gasteiger charge is 2.31. The topological polar surface area (TPSA) is 24.9 Å². The van der Waals surface area contributed by atoms with Gasteiger partial charge in [-0.1, -0.05) is 13.3 Å². The predicted molar refractivity (Wildman–Crippen MR) is 70.0 cm³/mol. The van der Waals surface area contributed by atoms with Crippen molar-refractivity contribution in [2.24, 2.45) is 5.41 Å². The molecule has 1 heterocycles. The molecule has 0 aromatic carbocycles. The van der Waals surface area contributed by atoms with Gasteiger partial charge in [0.25, 0.3) is 0 Å². The lowest BCUT2D eigenvalue weighted by Gasteiger charge is -2.39. The Labute approximate surface area is 102 Å². The van der Waals surface area contributed by atoms with E-state index in [0.29, 0.717) is 11.5 Å². The van der Waals surface area contributed by atoms with Crippen LogP contribution in [0, 0.1) is 19.3 Å². The molecule has 1 fully saturated rings.